The van der Waals surface area contributed by atoms with E-state index in [1.807, 2.05) is 48.5 Å². The molecule has 0 heterocycles. The fraction of sp³-hybridized carbons (Fsp3) is 0.283. The number of rotatable bonds is 21. The van der Waals surface area contributed by atoms with Crippen LogP contribution in [0.1, 0.15) is 66.7 Å². The lowest BCUT2D eigenvalue weighted by atomic mass is 9.99. The Morgan fingerprint density at radius 2 is 0.623 bits per heavy atom. The summed E-state index contributed by atoms with van der Waals surface area (Å²) in [7, 11) is 3.15. The minimum atomic E-state index is -0.337. The molecule has 0 aliphatic carbocycles. The highest BCUT2D eigenvalue weighted by Gasteiger charge is 2.10. The number of hydrogen-bond acceptors (Lipinski definition) is 8. The molecule has 0 saturated heterocycles. The van der Waals surface area contributed by atoms with Crippen molar-refractivity contribution in [3.8, 4) is 56.0 Å². The molecule has 8 nitrogen and oxygen atoms in total. The normalized spacial score (nSPS) is 10.6. The van der Waals surface area contributed by atoms with E-state index >= 15 is 0 Å². The second-order valence-corrected chi connectivity index (χ2v) is 14.4. The van der Waals surface area contributed by atoms with E-state index in [9.17, 15) is 9.59 Å². The molecule has 0 fully saturated rings. The largest absolute Gasteiger partial charge is 0.494 e. The van der Waals surface area contributed by atoms with Crippen molar-refractivity contribution in [2.45, 2.75) is 46.0 Å². The molecule has 0 atom stereocenters. The van der Waals surface area contributed by atoms with Crippen LogP contribution in [0.3, 0.4) is 0 Å². The molecular weight excluding hydrogens is 765 g/mol. The molecule has 318 valence electrons. The van der Waals surface area contributed by atoms with Crippen LogP contribution in [-0.2, 0) is 18.9 Å². The first kappa shape index (κ1) is 45.9. The van der Waals surface area contributed by atoms with Crippen LogP contribution in [0.25, 0.3) is 44.5 Å². The lowest BCUT2D eigenvalue weighted by Crippen LogP contribution is -2.09. The molecule has 0 amide bonds. The Morgan fingerprint density at radius 3 is 0.918 bits per heavy atom. The van der Waals surface area contributed by atoms with E-state index in [1.54, 1.807) is 38.5 Å². The van der Waals surface area contributed by atoms with Gasteiger partial charge in [0.15, 0.2) is 0 Å². The maximum atomic E-state index is 12.0. The zero-order valence-electron chi connectivity index (χ0n) is 35.9. The first-order valence-electron chi connectivity index (χ1n) is 21.1. The quantitative estimate of drug-likeness (QED) is 0.0524. The van der Waals surface area contributed by atoms with Crippen molar-refractivity contribution in [1.29, 1.82) is 0 Å². The maximum Gasteiger partial charge on any atom is 0.338 e. The molecular formula is C53H58O8. The Balaban J connectivity index is 0.000000231. The maximum absolute atomic E-state index is 12.0. The molecule has 8 heteroatoms. The van der Waals surface area contributed by atoms with Gasteiger partial charge in [-0.25, -0.2) is 9.59 Å². The average Bonchev–Trinajstić information content (AvgIpc) is 3.31. The highest BCUT2D eigenvalue weighted by molar-refractivity contribution is 5.90. The fourth-order valence-corrected chi connectivity index (χ4v) is 6.27. The van der Waals surface area contributed by atoms with Gasteiger partial charge in [-0.1, -0.05) is 130 Å². The van der Waals surface area contributed by atoms with Gasteiger partial charge in [-0.05, 0) is 106 Å². The summed E-state index contributed by atoms with van der Waals surface area (Å²) in [6.45, 7) is 7.17. The predicted octanol–water partition coefficient (Wildman–Crippen LogP) is 12.4. The van der Waals surface area contributed by atoms with Crippen molar-refractivity contribution in [1.82, 2.24) is 0 Å². The predicted molar refractivity (Wildman–Crippen MR) is 244 cm³/mol. The zero-order valence-corrected chi connectivity index (χ0v) is 35.9. The summed E-state index contributed by atoms with van der Waals surface area (Å²) < 4.78 is 31.6. The lowest BCUT2D eigenvalue weighted by molar-refractivity contribution is 0.0381. The fourth-order valence-electron chi connectivity index (χ4n) is 6.27. The molecule has 0 aromatic heterocycles. The van der Waals surface area contributed by atoms with Crippen molar-refractivity contribution in [3.05, 3.63) is 157 Å². The van der Waals surface area contributed by atoms with Gasteiger partial charge in [0.2, 0.25) is 0 Å². The number of unbranched alkanes of at least 4 members (excludes halogenated alkanes) is 3. The molecule has 0 radical (unpaired) electrons. The van der Waals surface area contributed by atoms with Gasteiger partial charge in [-0.3, -0.25) is 0 Å². The summed E-state index contributed by atoms with van der Waals surface area (Å²) in [6.07, 6.45) is 5.69. The molecule has 0 N–H and O–H groups in total. The van der Waals surface area contributed by atoms with Crippen molar-refractivity contribution in [2.75, 3.05) is 53.9 Å². The second-order valence-electron chi connectivity index (χ2n) is 14.4. The molecule has 0 bridgehead atoms. The summed E-state index contributed by atoms with van der Waals surface area (Å²) in [5.74, 6) is 1.15. The van der Waals surface area contributed by atoms with Crippen LogP contribution in [0.5, 0.6) is 11.5 Å². The Hall–Kier alpha value is -6.22. The SMILES string of the molecule is CCCCCOc1ccc(-c2ccc(-c3ccc(C(=O)OCCOC)cc3)cc2)cc1.CCCCOc1ccc(-c2ccc(-c3ccc(C(=O)OCCOC)cc3)cc2)cc1. The Bertz CT molecular complexity index is 2160. The molecule has 0 unspecified atom stereocenters. The molecule has 0 saturated carbocycles. The second kappa shape index (κ2) is 25.4. The number of ether oxygens (including phenoxy) is 6. The molecule has 0 spiro atoms. The number of hydrogen-bond donors (Lipinski definition) is 0. The van der Waals surface area contributed by atoms with E-state index in [2.05, 4.69) is 86.6 Å². The third kappa shape index (κ3) is 14.8. The Morgan fingerprint density at radius 1 is 0.344 bits per heavy atom. The van der Waals surface area contributed by atoms with Crippen molar-refractivity contribution >= 4 is 11.9 Å². The Kier molecular flexibility index (Phi) is 19.1. The first-order chi connectivity index (χ1) is 29.9. The molecule has 61 heavy (non-hydrogen) atoms. The molecule has 6 rings (SSSR count). The van der Waals surface area contributed by atoms with Gasteiger partial charge in [0.25, 0.3) is 0 Å². The average molecular weight is 823 g/mol. The zero-order chi connectivity index (χ0) is 43.1. The highest BCUT2D eigenvalue weighted by Crippen LogP contribution is 2.28. The van der Waals surface area contributed by atoms with Crippen LogP contribution in [0.15, 0.2) is 146 Å². The van der Waals surface area contributed by atoms with Gasteiger partial charge in [-0.15, -0.1) is 0 Å². The summed E-state index contributed by atoms with van der Waals surface area (Å²) in [5.41, 5.74) is 9.97. The third-order valence-corrected chi connectivity index (χ3v) is 9.88. The van der Waals surface area contributed by atoms with Crippen LogP contribution < -0.4 is 9.47 Å². The van der Waals surface area contributed by atoms with Crippen LogP contribution in [0.4, 0.5) is 0 Å². The molecule has 6 aromatic carbocycles. The Labute approximate surface area is 361 Å². The molecule has 6 aromatic rings. The smallest absolute Gasteiger partial charge is 0.338 e. The van der Waals surface area contributed by atoms with Crippen LogP contribution in [-0.4, -0.2) is 65.8 Å². The van der Waals surface area contributed by atoms with Crippen molar-refractivity contribution in [2.24, 2.45) is 0 Å². The lowest BCUT2D eigenvalue weighted by Gasteiger charge is -2.09. The standard InChI is InChI=1S/C27H30O4.C26H28O4/c1-3-4-5-18-30-26-16-14-24(15-17-26)22-8-6-21(7-9-22)23-10-12-25(13-11-23)27(28)31-20-19-29-2;1-3-4-17-29-25-15-13-23(14-16-25)21-7-5-20(6-8-21)22-9-11-24(12-10-22)26(27)30-19-18-28-2/h6-17H,3-5,18-20H2,1-2H3;5-16H,3-4,17-19H2,1-2H3. The van der Waals surface area contributed by atoms with Gasteiger partial charge in [0.1, 0.15) is 24.7 Å². The van der Waals surface area contributed by atoms with Gasteiger partial charge in [0.05, 0.1) is 37.6 Å². The number of benzene rings is 6. The molecule has 0 aliphatic heterocycles. The van der Waals surface area contributed by atoms with Gasteiger partial charge in [0, 0.05) is 14.2 Å². The summed E-state index contributed by atoms with van der Waals surface area (Å²) in [5, 5.41) is 0. The van der Waals surface area contributed by atoms with Crippen LogP contribution in [0.2, 0.25) is 0 Å². The summed E-state index contributed by atoms with van der Waals surface area (Å²) >= 11 is 0. The van der Waals surface area contributed by atoms with Crippen molar-refractivity contribution in [3.63, 3.8) is 0 Å². The van der Waals surface area contributed by atoms with Crippen LogP contribution >= 0.6 is 0 Å². The highest BCUT2D eigenvalue weighted by atomic mass is 16.6. The summed E-state index contributed by atoms with van der Waals surface area (Å²) in [4.78, 5) is 24.0. The van der Waals surface area contributed by atoms with E-state index in [0.717, 1.165) is 88.5 Å². The number of methoxy groups -OCH3 is 2. The minimum absolute atomic E-state index is 0.254. The van der Waals surface area contributed by atoms with Crippen LogP contribution in [0, 0.1) is 0 Å². The topological polar surface area (TPSA) is 89.5 Å². The number of carbonyl (C=O) groups excluding carboxylic acids is 2. The van der Waals surface area contributed by atoms with E-state index in [1.165, 1.54) is 12.8 Å². The first-order valence-corrected chi connectivity index (χ1v) is 21.1. The van der Waals surface area contributed by atoms with Gasteiger partial charge in [-0.2, -0.15) is 0 Å². The minimum Gasteiger partial charge on any atom is -0.494 e. The van der Waals surface area contributed by atoms with Crippen molar-refractivity contribution < 1.29 is 38.0 Å². The summed E-state index contributed by atoms with van der Waals surface area (Å²) in [6, 6.07) is 48.1. The van der Waals surface area contributed by atoms with E-state index in [-0.39, 0.29) is 25.2 Å². The van der Waals surface area contributed by atoms with E-state index in [4.69, 9.17) is 28.4 Å². The molecule has 0 aliphatic rings. The van der Waals surface area contributed by atoms with Gasteiger partial charge < -0.3 is 28.4 Å². The van der Waals surface area contributed by atoms with E-state index in [0.29, 0.717) is 24.3 Å². The number of carbonyl (C=O) groups is 2. The van der Waals surface area contributed by atoms with E-state index < -0.39 is 0 Å². The third-order valence-electron chi connectivity index (χ3n) is 9.88. The monoisotopic (exact) mass is 822 g/mol. The number of esters is 2. The van der Waals surface area contributed by atoms with Gasteiger partial charge >= 0.3 is 11.9 Å².